The molecular formula is C16H18ClNO6S. The second-order valence-electron chi connectivity index (χ2n) is 4.89. The Balaban J connectivity index is 2.31. The van der Waals surface area contributed by atoms with E-state index < -0.39 is 11.3 Å². The van der Waals surface area contributed by atoms with Crippen molar-refractivity contribution in [3.8, 4) is 28.7 Å². The molecular weight excluding hydrogens is 370 g/mol. The highest BCUT2D eigenvalue weighted by atomic mass is 35.5. The summed E-state index contributed by atoms with van der Waals surface area (Å²) in [6.45, 7) is 1.89. The molecule has 136 valence electrons. The molecule has 2 aromatic carbocycles. The number of phenols is 1. The highest BCUT2D eigenvalue weighted by molar-refractivity contribution is 7.82. The van der Waals surface area contributed by atoms with Gasteiger partial charge < -0.3 is 23.5 Å². The predicted octanol–water partition coefficient (Wildman–Crippen LogP) is 3.45. The molecule has 2 aromatic rings. The molecule has 0 saturated carbocycles. The first-order valence-electron chi connectivity index (χ1n) is 7.06. The quantitative estimate of drug-likeness (QED) is 0.708. The van der Waals surface area contributed by atoms with Crippen LogP contribution in [0.4, 0.5) is 5.69 Å². The van der Waals surface area contributed by atoms with Gasteiger partial charge in [0.25, 0.3) is 0 Å². The number of hydrogen-bond acceptors (Lipinski definition) is 6. The van der Waals surface area contributed by atoms with Crippen LogP contribution in [-0.2, 0) is 11.3 Å². The average molecular weight is 388 g/mol. The van der Waals surface area contributed by atoms with Crippen molar-refractivity contribution in [2.75, 3.05) is 26.1 Å². The van der Waals surface area contributed by atoms with Crippen LogP contribution in [0.3, 0.4) is 0 Å². The van der Waals surface area contributed by atoms with E-state index in [0.29, 0.717) is 5.75 Å². The zero-order valence-electron chi connectivity index (χ0n) is 14.1. The molecule has 0 amide bonds. The van der Waals surface area contributed by atoms with Gasteiger partial charge in [-0.3, -0.25) is 4.72 Å². The van der Waals surface area contributed by atoms with Gasteiger partial charge in [0.1, 0.15) is 5.69 Å². The predicted molar refractivity (Wildman–Crippen MR) is 96.3 cm³/mol. The fraction of sp³-hybridized carbons (Fsp3) is 0.250. The summed E-state index contributed by atoms with van der Waals surface area (Å²) in [7, 11) is 4.28. The van der Waals surface area contributed by atoms with E-state index in [0.717, 1.165) is 5.56 Å². The van der Waals surface area contributed by atoms with E-state index >= 15 is 0 Å². The number of benzene rings is 2. The molecule has 0 spiro atoms. The van der Waals surface area contributed by atoms with Crippen molar-refractivity contribution < 1.29 is 27.7 Å². The summed E-state index contributed by atoms with van der Waals surface area (Å²) in [5, 5.41) is 10.1. The van der Waals surface area contributed by atoms with E-state index in [1.54, 1.807) is 18.2 Å². The van der Waals surface area contributed by atoms with Gasteiger partial charge in [0.2, 0.25) is 0 Å². The molecule has 0 fully saturated rings. The van der Waals surface area contributed by atoms with E-state index in [-0.39, 0.29) is 33.7 Å². The van der Waals surface area contributed by atoms with Gasteiger partial charge in [0.15, 0.2) is 28.7 Å². The number of ether oxygens (including phenoxy) is 3. The molecule has 0 aliphatic carbocycles. The van der Waals surface area contributed by atoms with Gasteiger partial charge in [0.05, 0.1) is 26.4 Å². The second kappa shape index (κ2) is 8.17. The van der Waals surface area contributed by atoms with Crippen LogP contribution in [0.1, 0.15) is 5.56 Å². The van der Waals surface area contributed by atoms with Crippen LogP contribution in [0.5, 0.6) is 28.7 Å². The molecule has 0 saturated heterocycles. The van der Waals surface area contributed by atoms with Crippen LogP contribution in [0.25, 0.3) is 0 Å². The van der Waals surface area contributed by atoms with Crippen LogP contribution < -0.4 is 23.1 Å². The Morgan fingerprint density at radius 3 is 2.32 bits per heavy atom. The third-order valence-electron chi connectivity index (χ3n) is 3.27. The monoisotopic (exact) mass is 387 g/mol. The van der Waals surface area contributed by atoms with Gasteiger partial charge in [-0.1, -0.05) is 17.7 Å². The first-order valence-corrected chi connectivity index (χ1v) is 8.51. The topological polar surface area (TPSA) is 86.3 Å². The van der Waals surface area contributed by atoms with Crippen molar-refractivity contribution in [3.63, 3.8) is 0 Å². The first-order chi connectivity index (χ1) is 11.9. The van der Waals surface area contributed by atoms with Crippen molar-refractivity contribution in [1.82, 2.24) is 0 Å². The number of aromatic hydroxyl groups is 1. The van der Waals surface area contributed by atoms with Crippen molar-refractivity contribution in [1.29, 1.82) is 0 Å². The molecule has 0 heterocycles. The van der Waals surface area contributed by atoms with E-state index in [9.17, 15) is 9.32 Å². The maximum Gasteiger partial charge on any atom is 0.316 e. The van der Waals surface area contributed by atoms with E-state index in [1.165, 1.54) is 27.4 Å². The summed E-state index contributed by atoms with van der Waals surface area (Å²) in [5.74, 6) is 0.753. The van der Waals surface area contributed by atoms with Gasteiger partial charge in [0, 0.05) is 6.07 Å². The van der Waals surface area contributed by atoms with E-state index in [4.69, 9.17) is 30.0 Å². The maximum absolute atomic E-state index is 12.3. The van der Waals surface area contributed by atoms with Crippen molar-refractivity contribution >= 4 is 28.6 Å². The fourth-order valence-electron chi connectivity index (χ4n) is 2.08. The molecule has 0 bridgehead atoms. The third kappa shape index (κ3) is 4.21. The number of nitrogens with one attached hydrogen (secondary N) is 1. The first kappa shape index (κ1) is 19.0. The molecule has 7 nitrogen and oxygen atoms in total. The Morgan fingerprint density at radius 2 is 1.72 bits per heavy atom. The van der Waals surface area contributed by atoms with Crippen LogP contribution in [0.2, 0.25) is 5.02 Å². The lowest BCUT2D eigenvalue weighted by atomic mass is 10.2. The molecule has 0 radical (unpaired) electrons. The fourth-order valence-corrected chi connectivity index (χ4v) is 2.97. The highest BCUT2D eigenvalue weighted by Gasteiger charge is 2.21. The summed E-state index contributed by atoms with van der Waals surface area (Å²) in [4.78, 5) is 0. The van der Waals surface area contributed by atoms with Gasteiger partial charge >= 0.3 is 11.3 Å². The Hall–Kier alpha value is -2.32. The van der Waals surface area contributed by atoms with Gasteiger partial charge in [-0.2, -0.15) is 4.21 Å². The summed E-state index contributed by atoms with van der Waals surface area (Å²) >= 11 is 3.88. The molecule has 2 N–H and O–H groups in total. The third-order valence-corrected chi connectivity index (χ3v) is 4.26. The van der Waals surface area contributed by atoms with Crippen molar-refractivity contribution in [2.45, 2.75) is 6.92 Å². The molecule has 0 aliphatic heterocycles. The summed E-state index contributed by atoms with van der Waals surface area (Å²) in [6, 6.07) is 6.54. The minimum atomic E-state index is -2.07. The van der Waals surface area contributed by atoms with Crippen LogP contribution in [0.15, 0.2) is 24.3 Å². The lowest BCUT2D eigenvalue weighted by Crippen LogP contribution is -2.13. The number of hydrogen-bond donors (Lipinski definition) is 2. The largest absolute Gasteiger partial charge is 0.504 e. The minimum absolute atomic E-state index is 0.00469. The molecule has 0 aliphatic rings. The van der Waals surface area contributed by atoms with Gasteiger partial charge in [-0.25, -0.2) is 0 Å². The zero-order chi connectivity index (χ0) is 18.6. The molecule has 25 heavy (non-hydrogen) atoms. The second-order valence-corrected chi connectivity index (χ2v) is 6.14. The van der Waals surface area contributed by atoms with Crippen LogP contribution in [-0.4, -0.2) is 30.6 Å². The Labute approximate surface area is 153 Å². The molecule has 1 atom stereocenters. The van der Waals surface area contributed by atoms with Gasteiger partial charge in [-0.05, 0) is 24.6 Å². The number of phenolic OH excluding ortho intramolecular Hbond substituents is 1. The van der Waals surface area contributed by atoms with Crippen LogP contribution >= 0.6 is 11.6 Å². The number of halogens is 1. The lowest BCUT2D eigenvalue weighted by molar-refractivity contribution is 0.353. The smallest absolute Gasteiger partial charge is 0.316 e. The summed E-state index contributed by atoms with van der Waals surface area (Å²) < 4.78 is 35.7. The maximum atomic E-state index is 12.3. The zero-order valence-corrected chi connectivity index (χ0v) is 15.7. The number of anilines is 1. The van der Waals surface area contributed by atoms with Crippen molar-refractivity contribution in [3.05, 3.63) is 34.9 Å². The molecule has 9 heteroatoms. The number of aryl methyl sites for hydroxylation is 1. The number of methoxy groups -OCH3 is 3. The van der Waals surface area contributed by atoms with E-state index in [2.05, 4.69) is 4.72 Å². The van der Waals surface area contributed by atoms with Crippen LogP contribution in [0, 0.1) is 6.92 Å². The lowest BCUT2D eigenvalue weighted by Gasteiger charge is -2.16. The SMILES string of the molecule is COc1cc(C)ccc1OS(=O)Nc1c(O)c(Cl)cc(OC)c1OC. The standard InChI is InChI=1S/C16H18ClNO6S/c1-9-5-6-11(12(7-9)21-2)24-25(20)18-14-15(19)10(17)8-13(22-3)16(14)23-4/h5-8,18-19H,1-4H3. The molecule has 2 rings (SSSR count). The Bertz CT molecular complexity index is 799. The van der Waals surface area contributed by atoms with Crippen molar-refractivity contribution in [2.24, 2.45) is 0 Å². The Kier molecular flexibility index (Phi) is 6.22. The Morgan fingerprint density at radius 1 is 1.04 bits per heavy atom. The summed E-state index contributed by atoms with van der Waals surface area (Å²) in [5.41, 5.74) is 0.943. The molecule has 1 unspecified atom stereocenters. The van der Waals surface area contributed by atoms with E-state index in [1.807, 2.05) is 6.92 Å². The normalized spacial score (nSPS) is 11.6. The average Bonchev–Trinajstić information content (AvgIpc) is 2.60. The number of rotatable bonds is 7. The minimum Gasteiger partial charge on any atom is -0.504 e. The molecule has 0 aromatic heterocycles. The van der Waals surface area contributed by atoms with Gasteiger partial charge in [-0.15, -0.1) is 0 Å². The summed E-state index contributed by atoms with van der Waals surface area (Å²) in [6.07, 6.45) is 0. The highest BCUT2D eigenvalue weighted by Crippen LogP contribution is 2.46.